The Morgan fingerprint density at radius 3 is 2.29 bits per heavy atom. The van der Waals surface area contributed by atoms with Crippen LogP contribution in [0.1, 0.15) is 52.0 Å². The fourth-order valence-electron chi connectivity index (χ4n) is 2.72. The molecule has 0 aromatic heterocycles. The lowest BCUT2D eigenvalue weighted by Crippen LogP contribution is -2.32. The molecule has 1 amide bonds. The van der Waals surface area contributed by atoms with Gasteiger partial charge in [0.1, 0.15) is 0 Å². The highest BCUT2D eigenvalue weighted by Crippen LogP contribution is 2.23. The molecule has 0 radical (unpaired) electrons. The standard InChI is InChI=1S/C18H28N2O/c1-18(2,3)15-7-9-16(10-8-15)19-17(21)11-14-20-12-5-4-6-13-20/h7-10H,4-6,11-14H2,1-3H3,(H,19,21). The van der Waals surface area contributed by atoms with Crippen molar-refractivity contribution in [3.63, 3.8) is 0 Å². The van der Waals surface area contributed by atoms with Gasteiger partial charge in [-0.2, -0.15) is 0 Å². The van der Waals surface area contributed by atoms with Crippen LogP contribution in [0.3, 0.4) is 0 Å². The topological polar surface area (TPSA) is 32.3 Å². The number of piperidine rings is 1. The summed E-state index contributed by atoms with van der Waals surface area (Å²) in [5.74, 6) is 0.115. The fourth-order valence-corrected chi connectivity index (χ4v) is 2.72. The Balaban J connectivity index is 1.79. The Hall–Kier alpha value is -1.35. The van der Waals surface area contributed by atoms with E-state index in [0.717, 1.165) is 25.3 Å². The Morgan fingerprint density at radius 2 is 1.71 bits per heavy atom. The van der Waals surface area contributed by atoms with Crippen molar-refractivity contribution < 1.29 is 4.79 Å². The lowest BCUT2D eigenvalue weighted by Gasteiger charge is -2.26. The largest absolute Gasteiger partial charge is 0.326 e. The molecule has 1 saturated heterocycles. The van der Waals surface area contributed by atoms with Crippen molar-refractivity contribution in [2.75, 3.05) is 25.0 Å². The molecule has 0 unspecified atom stereocenters. The summed E-state index contributed by atoms with van der Waals surface area (Å²) >= 11 is 0. The minimum atomic E-state index is 0.115. The van der Waals surface area contributed by atoms with E-state index in [0.29, 0.717) is 6.42 Å². The number of nitrogens with one attached hydrogen (secondary N) is 1. The average Bonchev–Trinajstić information content (AvgIpc) is 2.46. The van der Waals surface area contributed by atoms with Gasteiger partial charge in [-0.1, -0.05) is 39.3 Å². The van der Waals surface area contributed by atoms with Gasteiger partial charge < -0.3 is 10.2 Å². The van der Waals surface area contributed by atoms with Gasteiger partial charge in [0.2, 0.25) is 5.91 Å². The summed E-state index contributed by atoms with van der Waals surface area (Å²) < 4.78 is 0. The van der Waals surface area contributed by atoms with Gasteiger partial charge in [0.15, 0.2) is 0 Å². The predicted molar refractivity (Wildman–Crippen MR) is 88.7 cm³/mol. The lowest BCUT2D eigenvalue weighted by atomic mass is 9.87. The number of carbonyl (C=O) groups excluding carboxylic acids is 1. The van der Waals surface area contributed by atoms with Crippen molar-refractivity contribution in [2.24, 2.45) is 0 Å². The average molecular weight is 288 g/mol. The van der Waals surface area contributed by atoms with Gasteiger partial charge in [-0.25, -0.2) is 0 Å². The number of carbonyl (C=O) groups is 1. The first-order valence-electron chi connectivity index (χ1n) is 8.08. The van der Waals surface area contributed by atoms with Crippen LogP contribution in [0.2, 0.25) is 0 Å². The first-order valence-corrected chi connectivity index (χ1v) is 8.08. The molecule has 116 valence electrons. The van der Waals surface area contributed by atoms with E-state index in [1.807, 2.05) is 12.1 Å². The summed E-state index contributed by atoms with van der Waals surface area (Å²) in [4.78, 5) is 14.4. The molecule has 1 aliphatic heterocycles. The van der Waals surface area contributed by atoms with E-state index < -0.39 is 0 Å². The molecule has 1 aromatic rings. The van der Waals surface area contributed by atoms with E-state index >= 15 is 0 Å². The molecule has 0 aliphatic carbocycles. The second-order valence-corrected chi connectivity index (χ2v) is 7.03. The van der Waals surface area contributed by atoms with Crippen LogP contribution in [0.25, 0.3) is 0 Å². The Bertz CT molecular complexity index is 453. The van der Waals surface area contributed by atoms with E-state index in [2.05, 4.69) is 43.1 Å². The van der Waals surface area contributed by atoms with E-state index in [4.69, 9.17) is 0 Å². The molecule has 21 heavy (non-hydrogen) atoms. The van der Waals surface area contributed by atoms with Crippen LogP contribution in [0.15, 0.2) is 24.3 Å². The lowest BCUT2D eigenvalue weighted by molar-refractivity contribution is -0.116. The second kappa shape index (κ2) is 7.08. The van der Waals surface area contributed by atoms with Gasteiger partial charge >= 0.3 is 0 Å². The first-order chi connectivity index (χ1) is 9.95. The van der Waals surface area contributed by atoms with Crippen LogP contribution in [0.5, 0.6) is 0 Å². The number of hydrogen-bond acceptors (Lipinski definition) is 2. The van der Waals surface area contributed by atoms with Gasteiger partial charge in [0.25, 0.3) is 0 Å². The number of likely N-dealkylation sites (tertiary alicyclic amines) is 1. The zero-order valence-corrected chi connectivity index (χ0v) is 13.6. The van der Waals surface area contributed by atoms with Gasteiger partial charge in [-0.15, -0.1) is 0 Å². The van der Waals surface area contributed by atoms with Crippen LogP contribution in [0, 0.1) is 0 Å². The van der Waals surface area contributed by atoms with Crippen molar-refractivity contribution in [3.8, 4) is 0 Å². The van der Waals surface area contributed by atoms with E-state index in [9.17, 15) is 4.79 Å². The molecule has 2 rings (SSSR count). The Kier molecular flexibility index (Phi) is 5.40. The highest BCUT2D eigenvalue weighted by atomic mass is 16.1. The number of rotatable bonds is 4. The molecule has 3 heteroatoms. The van der Waals surface area contributed by atoms with Crippen LogP contribution in [0.4, 0.5) is 5.69 Å². The molecule has 1 N–H and O–H groups in total. The number of amides is 1. The molecule has 0 bridgehead atoms. The fraction of sp³-hybridized carbons (Fsp3) is 0.611. The molecule has 1 aromatic carbocycles. The molecule has 0 saturated carbocycles. The van der Waals surface area contributed by atoms with Gasteiger partial charge in [0, 0.05) is 18.7 Å². The van der Waals surface area contributed by atoms with Crippen LogP contribution in [-0.4, -0.2) is 30.4 Å². The van der Waals surface area contributed by atoms with Gasteiger partial charge in [-0.3, -0.25) is 4.79 Å². The van der Waals surface area contributed by atoms with Gasteiger partial charge in [-0.05, 0) is 49.0 Å². The van der Waals surface area contributed by atoms with Crippen molar-refractivity contribution in [1.82, 2.24) is 4.90 Å². The maximum atomic E-state index is 12.0. The summed E-state index contributed by atoms with van der Waals surface area (Å²) in [6.45, 7) is 9.75. The highest BCUT2D eigenvalue weighted by Gasteiger charge is 2.14. The van der Waals surface area contributed by atoms with E-state index in [1.54, 1.807) is 0 Å². The van der Waals surface area contributed by atoms with Gasteiger partial charge in [0.05, 0.1) is 0 Å². The molecule has 1 fully saturated rings. The van der Waals surface area contributed by atoms with Crippen molar-refractivity contribution >= 4 is 11.6 Å². The third-order valence-electron chi connectivity index (χ3n) is 4.14. The van der Waals surface area contributed by atoms with Crippen LogP contribution >= 0.6 is 0 Å². The number of anilines is 1. The SMILES string of the molecule is CC(C)(C)c1ccc(NC(=O)CCN2CCCCC2)cc1. The van der Waals surface area contributed by atoms with Crippen LogP contribution < -0.4 is 5.32 Å². The smallest absolute Gasteiger partial charge is 0.225 e. The molecule has 0 spiro atoms. The summed E-state index contributed by atoms with van der Waals surface area (Å²) in [5, 5.41) is 2.99. The summed E-state index contributed by atoms with van der Waals surface area (Å²) in [6, 6.07) is 8.19. The first kappa shape index (κ1) is 16.0. The monoisotopic (exact) mass is 288 g/mol. The zero-order valence-electron chi connectivity index (χ0n) is 13.6. The van der Waals surface area contributed by atoms with Crippen molar-refractivity contribution in [2.45, 2.75) is 51.9 Å². The molecule has 1 heterocycles. The maximum Gasteiger partial charge on any atom is 0.225 e. The Labute approximate surface area is 128 Å². The molecule has 1 aliphatic rings. The predicted octanol–water partition coefficient (Wildman–Crippen LogP) is 3.80. The third kappa shape index (κ3) is 5.16. The summed E-state index contributed by atoms with van der Waals surface area (Å²) in [7, 11) is 0. The number of nitrogens with zero attached hydrogens (tertiary/aromatic N) is 1. The minimum absolute atomic E-state index is 0.115. The zero-order chi connectivity index (χ0) is 15.3. The molecular weight excluding hydrogens is 260 g/mol. The van der Waals surface area contributed by atoms with Crippen molar-refractivity contribution in [3.05, 3.63) is 29.8 Å². The molecule has 3 nitrogen and oxygen atoms in total. The van der Waals surface area contributed by atoms with E-state index in [-0.39, 0.29) is 11.3 Å². The third-order valence-corrected chi connectivity index (χ3v) is 4.14. The van der Waals surface area contributed by atoms with Crippen molar-refractivity contribution in [1.29, 1.82) is 0 Å². The van der Waals surface area contributed by atoms with Crippen LogP contribution in [-0.2, 0) is 10.2 Å². The normalized spacial score (nSPS) is 16.7. The minimum Gasteiger partial charge on any atom is -0.326 e. The number of benzene rings is 1. The molecule has 0 atom stereocenters. The number of hydrogen-bond donors (Lipinski definition) is 1. The molecular formula is C18H28N2O. The van der Waals surface area contributed by atoms with E-state index in [1.165, 1.54) is 24.8 Å². The maximum absolute atomic E-state index is 12.0. The highest BCUT2D eigenvalue weighted by molar-refractivity contribution is 5.90. The quantitative estimate of drug-likeness (QED) is 0.914. The Morgan fingerprint density at radius 1 is 1.10 bits per heavy atom. The summed E-state index contributed by atoms with van der Waals surface area (Å²) in [5.41, 5.74) is 2.33. The second-order valence-electron chi connectivity index (χ2n) is 7.03. The summed E-state index contributed by atoms with van der Waals surface area (Å²) in [6.07, 6.45) is 4.47.